The van der Waals surface area contributed by atoms with Gasteiger partial charge in [-0.25, -0.2) is 4.39 Å². The summed E-state index contributed by atoms with van der Waals surface area (Å²) in [5.41, 5.74) is 1.73. The highest BCUT2D eigenvalue weighted by molar-refractivity contribution is 7.98. The molecule has 0 atom stereocenters. The molecule has 3 rings (SSSR count). The van der Waals surface area contributed by atoms with Crippen molar-refractivity contribution in [2.24, 2.45) is 5.10 Å². The number of hydrogen-bond acceptors (Lipinski definition) is 5. The predicted molar refractivity (Wildman–Crippen MR) is 97.0 cm³/mol. The van der Waals surface area contributed by atoms with Gasteiger partial charge in [0.25, 0.3) is 0 Å². The molecule has 0 aliphatic rings. The minimum atomic E-state index is -0.437. The van der Waals surface area contributed by atoms with Crippen LogP contribution in [0.2, 0.25) is 5.02 Å². The highest BCUT2D eigenvalue weighted by Crippen LogP contribution is 2.22. The number of methoxy groups -OCH3 is 1. The Morgan fingerprint density at radius 3 is 2.80 bits per heavy atom. The quantitative estimate of drug-likeness (QED) is 0.476. The van der Waals surface area contributed by atoms with Gasteiger partial charge in [0.2, 0.25) is 5.16 Å². The number of benzene rings is 2. The van der Waals surface area contributed by atoms with Gasteiger partial charge in [-0.3, -0.25) is 0 Å². The molecule has 25 heavy (non-hydrogen) atoms. The van der Waals surface area contributed by atoms with Crippen LogP contribution in [0.15, 0.2) is 59.0 Å². The molecule has 5 nitrogen and oxygen atoms in total. The third-order valence-electron chi connectivity index (χ3n) is 3.29. The van der Waals surface area contributed by atoms with Crippen LogP contribution in [0.3, 0.4) is 0 Å². The van der Waals surface area contributed by atoms with Crippen molar-refractivity contribution >= 4 is 29.6 Å². The predicted octanol–water partition coefficient (Wildman–Crippen LogP) is 4.25. The molecule has 0 bridgehead atoms. The first-order chi connectivity index (χ1) is 12.2. The van der Waals surface area contributed by atoms with Crippen molar-refractivity contribution in [1.82, 2.24) is 14.9 Å². The van der Waals surface area contributed by atoms with Crippen molar-refractivity contribution in [1.29, 1.82) is 0 Å². The lowest BCUT2D eigenvalue weighted by molar-refractivity contribution is 0.386. The molecular formula is C17H14ClFN4OS. The Morgan fingerprint density at radius 2 is 2.08 bits per heavy atom. The maximum Gasteiger partial charge on any atom is 0.212 e. The number of rotatable bonds is 6. The topological polar surface area (TPSA) is 52.3 Å². The number of nitrogens with zero attached hydrogens (tertiary/aromatic N) is 4. The van der Waals surface area contributed by atoms with E-state index in [9.17, 15) is 4.39 Å². The van der Waals surface area contributed by atoms with Crippen LogP contribution in [0.25, 0.3) is 0 Å². The zero-order valence-electron chi connectivity index (χ0n) is 13.3. The van der Waals surface area contributed by atoms with E-state index in [0.29, 0.717) is 21.5 Å². The fourth-order valence-corrected chi connectivity index (χ4v) is 2.96. The molecule has 0 unspecified atom stereocenters. The van der Waals surface area contributed by atoms with E-state index >= 15 is 0 Å². The Hall–Kier alpha value is -2.38. The molecule has 0 amide bonds. The molecule has 0 fully saturated rings. The number of halogens is 2. The molecule has 3 aromatic rings. The molecule has 2 aromatic carbocycles. The lowest BCUT2D eigenvalue weighted by atomic mass is 10.2. The van der Waals surface area contributed by atoms with E-state index in [0.717, 1.165) is 5.56 Å². The van der Waals surface area contributed by atoms with Crippen LogP contribution in [-0.4, -0.2) is 28.2 Å². The van der Waals surface area contributed by atoms with Gasteiger partial charge in [-0.15, -0.1) is 10.2 Å². The van der Waals surface area contributed by atoms with Crippen LogP contribution in [0.5, 0.6) is 5.75 Å². The van der Waals surface area contributed by atoms with Gasteiger partial charge in [0.05, 0.1) is 13.3 Å². The van der Waals surface area contributed by atoms with Crippen molar-refractivity contribution in [2.75, 3.05) is 7.11 Å². The maximum absolute atomic E-state index is 13.7. The van der Waals surface area contributed by atoms with Crippen LogP contribution >= 0.6 is 23.4 Å². The molecule has 0 radical (unpaired) electrons. The summed E-state index contributed by atoms with van der Waals surface area (Å²) in [6.07, 6.45) is 3.04. The Bertz CT molecular complexity index is 883. The van der Waals surface area contributed by atoms with Gasteiger partial charge >= 0.3 is 0 Å². The molecule has 0 aliphatic heterocycles. The van der Waals surface area contributed by atoms with Crippen LogP contribution in [0, 0.1) is 5.82 Å². The third kappa shape index (κ3) is 4.58. The molecular weight excluding hydrogens is 363 g/mol. The summed E-state index contributed by atoms with van der Waals surface area (Å²) >= 11 is 7.37. The van der Waals surface area contributed by atoms with Gasteiger partial charge in [-0.1, -0.05) is 35.5 Å². The monoisotopic (exact) mass is 376 g/mol. The molecule has 0 spiro atoms. The van der Waals surface area contributed by atoms with Crippen molar-refractivity contribution in [2.45, 2.75) is 10.9 Å². The highest BCUT2D eigenvalue weighted by atomic mass is 35.5. The van der Waals surface area contributed by atoms with E-state index in [-0.39, 0.29) is 5.75 Å². The van der Waals surface area contributed by atoms with Crippen molar-refractivity contribution in [3.05, 3.63) is 70.8 Å². The second-order valence-electron chi connectivity index (χ2n) is 5.01. The lowest BCUT2D eigenvalue weighted by Gasteiger charge is -2.03. The number of thioether (sulfide) groups is 1. The van der Waals surface area contributed by atoms with Crippen molar-refractivity contribution in [3.8, 4) is 5.75 Å². The first-order valence-electron chi connectivity index (χ1n) is 7.31. The Balaban J connectivity index is 1.68. The van der Waals surface area contributed by atoms with Crippen molar-refractivity contribution in [3.63, 3.8) is 0 Å². The molecule has 0 saturated heterocycles. The fraction of sp³-hybridized carbons (Fsp3) is 0.118. The van der Waals surface area contributed by atoms with E-state index in [1.54, 1.807) is 16.8 Å². The van der Waals surface area contributed by atoms with Gasteiger partial charge in [0.1, 0.15) is 6.33 Å². The summed E-state index contributed by atoms with van der Waals surface area (Å²) in [6.45, 7) is 0. The van der Waals surface area contributed by atoms with Crippen LogP contribution in [-0.2, 0) is 5.75 Å². The van der Waals surface area contributed by atoms with Crippen LogP contribution < -0.4 is 4.74 Å². The van der Waals surface area contributed by atoms with Gasteiger partial charge in [0.15, 0.2) is 11.6 Å². The number of aromatic nitrogens is 3. The van der Waals surface area contributed by atoms with Gasteiger partial charge in [-0.05, 0) is 41.5 Å². The Morgan fingerprint density at radius 1 is 1.28 bits per heavy atom. The zero-order chi connectivity index (χ0) is 17.6. The summed E-state index contributed by atoms with van der Waals surface area (Å²) < 4.78 is 20.1. The first-order valence-corrected chi connectivity index (χ1v) is 8.67. The minimum Gasteiger partial charge on any atom is -0.494 e. The van der Waals surface area contributed by atoms with E-state index in [2.05, 4.69) is 15.3 Å². The van der Waals surface area contributed by atoms with E-state index in [4.69, 9.17) is 16.3 Å². The Labute approximate surface area is 153 Å². The maximum atomic E-state index is 13.7. The number of ether oxygens (including phenoxy) is 1. The molecule has 0 aliphatic carbocycles. The lowest BCUT2D eigenvalue weighted by Crippen LogP contribution is -1.94. The van der Waals surface area contributed by atoms with E-state index in [1.807, 2.05) is 24.3 Å². The Kier molecular flexibility index (Phi) is 5.67. The normalized spacial score (nSPS) is 11.2. The molecule has 0 N–H and O–H groups in total. The average Bonchev–Trinajstić information content (AvgIpc) is 3.07. The summed E-state index contributed by atoms with van der Waals surface area (Å²) in [4.78, 5) is 0. The summed E-state index contributed by atoms with van der Waals surface area (Å²) in [5, 5.41) is 13.5. The second kappa shape index (κ2) is 8.13. The smallest absolute Gasteiger partial charge is 0.212 e. The standard InChI is InChI=1S/C17H14ClFN4OS/c1-24-16-7-4-13(8-15(16)19)9-21-23-11-20-22-17(23)25-10-12-2-5-14(18)6-3-12/h2-9,11H,10H2,1H3/b21-9-. The highest BCUT2D eigenvalue weighted by Gasteiger charge is 2.06. The summed E-state index contributed by atoms with van der Waals surface area (Å²) in [5.74, 6) is 0.468. The average molecular weight is 377 g/mol. The molecule has 1 aromatic heterocycles. The van der Waals surface area contributed by atoms with E-state index < -0.39 is 5.82 Å². The van der Waals surface area contributed by atoms with Gasteiger partial charge < -0.3 is 4.74 Å². The first kappa shape index (κ1) is 17.4. The van der Waals surface area contributed by atoms with Crippen LogP contribution in [0.1, 0.15) is 11.1 Å². The summed E-state index contributed by atoms with van der Waals surface area (Å²) in [7, 11) is 1.42. The van der Waals surface area contributed by atoms with Gasteiger partial charge in [-0.2, -0.15) is 9.78 Å². The minimum absolute atomic E-state index is 0.195. The summed E-state index contributed by atoms with van der Waals surface area (Å²) in [6, 6.07) is 12.2. The van der Waals surface area contributed by atoms with Gasteiger partial charge in [0, 0.05) is 10.8 Å². The molecule has 0 saturated carbocycles. The van der Waals surface area contributed by atoms with E-state index in [1.165, 1.54) is 37.5 Å². The van der Waals surface area contributed by atoms with Crippen LogP contribution in [0.4, 0.5) is 4.39 Å². The molecule has 8 heteroatoms. The largest absolute Gasteiger partial charge is 0.494 e. The SMILES string of the molecule is COc1ccc(/C=N\n2cnnc2SCc2ccc(Cl)cc2)cc1F. The second-order valence-corrected chi connectivity index (χ2v) is 6.39. The number of hydrogen-bond donors (Lipinski definition) is 0. The molecule has 1 heterocycles. The zero-order valence-corrected chi connectivity index (χ0v) is 14.8. The van der Waals surface area contributed by atoms with Crippen molar-refractivity contribution < 1.29 is 9.13 Å². The third-order valence-corrected chi connectivity index (χ3v) is 4.55. The fourth-order valence-electron chi connectivity index (χ4n) is 2.01. The molecule has 128 valence electrons.